The molecule has 1 aromatic heterocycles. The Morgan fingerprint density at radius 2 is 1.83 bits per heavy atom. The zero-order valence-electron chi connectivity index (χ0n) is 12.5. The zero-order chi connectivity index (χ0) is 15.9. The Morgan fingerprint density at radius 1 is 1.13 bits per heavy atom. The molecule has 0 saturated heterocycles. The topological polar surface area (TPSA) is 78.0 Å². The number of rotatable bonds is 2. The molecule has 0 amide bonds. The van der Waals surface area contributed by atoms with Gasteiger partial charge in [0.2, 0.25) is 0 Å². The molecule has 0 atom stereocenters. The van der Waals surface area contributed by atoms with Gasteiger partial charge in [-0.1, -0.05) is 12.1 Å². The van der Waals surface area contributed by atoms with Crippen LogP contribution in [-0.2, 0) is 0 Å². The Balaban J connectivity index is 0.00000192. The number of benzene rings is 2. The molecule has 118 valence electrons. The van der Waals surface area contributed by atoms with Crippen LogP contribution in [0.5, 0.6) is 0 Å². The van der Waals surface area contributed by atoms with Crippen LogP contribution >= 0.6 is 12.4 Å². The van der Waals surface area contributed by atoms with Gasteiger partial charge in [-0.05, 0) is 37.6 Å². The maximum atomic E-state index is 12.7. The van der Waals surface area contributed by atoms with Crippen molar-refractivity contribution in [3.05, 3.63) is 74.3 Å². The van der Waals surface area contributed by atoms with E-state index in [1.54, 1.807) is 38.1 Å². The highest BCUT2D eigenvalue weighted by atomic mass is 35.5. The van der Waals surface area contributed by atoms with Crippen LogP contribution in [0.4, 0.5) is 5.69 Å². The van der Waals surface area contributed by atoms with Crippen molar-refractivity contribution in [3.63, 3.8) is 0 Å². The SMILES string of the molecule is Cc1cc([N+](=O)[O-])ccc1-n1c(C)nc2ccccc2c1=O.Cl. The first-order chi connectivity index (χ1) is 10.5. The van der Waals surface area contributed by atoms with E-state index < -0.39 is 4.92 Å². The Labute approximate surface area is 138 Å². The van der Waals surface area contributed by atoms with Crippen molar-refractivity contribution in [2.45, 2.75) is 13.8 Å². The fourth-order valence-corrected chi connectivity index (χ4v) is 2.53. The predicted octanol–water partition coefficient (Wildman–Crippen LogP) is 3.33. The molecule has 1 heterocycles. The first-order valence-corrected chi connectivity index (χ1v) is 6.73. The second-order valence-corrected chi connectivity index (χ2v) is 5.04. The second-order valence-electron chi connectivity index (χ2n) is 5.04. The number of halogens is 1. The van der Waals surface area contributed by atoms with Gasteiger partial charge in [0.25, 0.3) is 11.2 Å². The van der Waals surface area contributed by atoms with Crippen molar-refractivity contribution in [1.29, 1.82) is 0 Å². The van der Waals surface area contributed by atoms with Crippen LogP contribution in [0.15, 0.2) is 47.3 Å². The largest absolute Gasteiger partial charge is 0.269 e. The van der Waals surface area contributed by atoms with Crippen molar-refractivity contribution in [2.24, 2.45) is 0 Å². The minimum absolute atomic E-state index is 0. The summed E-state index contributed by atoms with van der Waals surface area (Å²) in [6.07, 6.45) is 0. The Kier molecular flexibility index (Phi) is 4.47. The molecule has 0 aliphatic carbocycles. The standard InChI is InChI=1S/C16H13N3O3.ClH/c1-10-9-12(19(21)22)7-8-15(10)18-11(2)17-14-6-4-3-5-13(14)16(18)20;/h3-9H,1-2H3;1H. The van der Waals surface area contributed by atoms with Crippen LogP contribution in [0.3, 0.4) is 0 Å². The molecule has 0 fully saturated rings. The smallest absolute Gasteiger partial charge is 0.268 e. The van der Waals surface area contributed by atoms with Gasteiger partial charge < -0.3 is 0 Å². The van der Waals surface area contributed by atoms with E-state index in [2.05, 4.69) is 4.98 Å². The molecule has 3 aromatic rings. The molecule has 0 saturated carbocycles. The van der Waals surface area contributed by atoms with Crippen molar-refractivity contribution in [3.8, 4) is 5.69 Å². The molecule has 6 nitrogen and oxygen atoms in total. The predicted molar refractivity (Wildman–Crippen MR) is 90.7 cm³/mol. The summed E-state index contributed by atoms with van der Waals surface area (Å²) in [6, 6.07) is 11.6. The van der Waals surface area contributed by atoms with E-state index in [-0.39, 0.29) is 23.7 Å². The fourth-order valence-electron chi connectivity index (χ4n) is 2.53. The maximum absolute atomic E-state index is 12.7. The summed E-state index contributed by atoms with van der Waals surface area (Å²) in [6.45, 7) is 3.48. The lowest BCUT2D eigenvalue weighted by Gasteiger charge is -2.13. The molecule has 3 rings (SSSR count). The molecule has 0 aliphatic rings. The van der Waals surface area contributed by atoms with E-state index in [0.29, 0.717) is 28.0 Å². The molecular formula is C16H14ClN3O3. The molecule has 23 heavy (non-hydrogen) atoms. The summed E-state index contributed by atoms with van der Waals surface area (Å²) >= 11 is 0. The van der Waals surface area contributed by atoms with Crippen LogP contribution in [0.1, 0.15) is 11.4 Å². The van der Waals surface area contributed by atoms with E-state index >= 15 is 0 Å². The summed E-state index contributed by atoms with van der Waals surface area (Å²) in [7, 11) is 0. The van der Waals surface area contributed by atoms with Gasteiger partial charge in [0.05, 0.1) is 21.5 Å². The zero-order valence-corrected chi connectivity index (χ0v) is 13.3. The number of aromatic nitrogens is 2. The van der Waals surface area contributed by atoms with Crippen molar-refractivity contribution in [2.75, 3.05) is 0 Å². The Hall–Kier alpha value is -2.73. The average molecular weight is 332 g/mol. The number of nitro benzene ring substituents is 1. The third kappa shape index (κ3) is 2.80. The lowest BCUT2D eigenvalue weighted by molar-refractivity contribution is -0.384. The molecular weight excluding hydrogens is 318 g/mol. The summed E-state index contributed by atoms with van der Waals surface area (Å²) < 4.78 is 1.49. The number of non-ortho nitro benzene ring substituents is 1. The van der Waals surface area contributed by atoms with Crippen LogP contribution in [0, 0.1) is 24.0 Å². The summed E-state index contributed by atoms with van der Waals surface area (Å²) in [5.74, 6) is 0.542. The highest BCUT2D eigenvalue weighted by Crippen LogP contribution is 2.21. The first kappa shape index (κ1) is 16.6. The molecule has 7 heteroatoms. The summed E-state index contributed by atoms with van der Waals surface area (Å²) in [5, 5.41) is 11.4. The lowest BCUT2D eigenvalue weighted by atomic mass is 10.1. The van der Waals surface area contributed by atoms with Crippen LogP contribution < -0.4 is 5.56 Å². The van der Waals surface area contributed by atoms with Gasteiger partial charge in [-0.15, -0.1) is 12.4 Å². The number of hydrogen-bond donors (Lipinski definition) is 0. The van der Waals surface area contributed by atoms with E-state index in [1.807, 2.05) is 6.07 Å². The van der Waals surface area contributed by atoms with Crippen molar-refractivity contribution < 1.29 is 4.92 Å². The van der Waals surface area contributed by atoms with Gasteiger partial charge in [0.15, 0.2) is 0 Å². The van der Waals surface area contributed by atoms with Crippen molar-refractivity contribution >= 4 is 29.0 Å². The minimum atomic E-state index is -0.453. The van der Waals surface area contributed by atoms with Crippen LogP contribution in [0.25, 0.3) is 16.6 Å². The van der Waals surface area contributed by atoms with E-state index in [0.717, 1.165) is 0 Å². The van der Waals surface area contributed by atoms with Gasteiger partial charge in [-0.25, -0.2) is 4.98 Å². The third-order valence-corrected chi connectivity index (χ3v) is 3.58. The van der Waals surface area contributed by atoms with Gasteiger partial charge in [0, 0.05) is 12.1 Å². The van der Waals surface area contributed by atoms with Gasteiger partial charge in [0.1, 0.15) is 5.82 Å². The normalized spacial score (nSPS) is 10.3. The molecule has 0 unspecified atom stereocenters. The van der Waals surface area contributed by atoms with Gasteiger partial charge in [-0.2, -0.15) is 0 Å². The first-order valence-electron chi connectivity index (χ1n) is 6.73. The Bertz CT molecular complexity index is 966. The summed E-state index contributed by atoms with van der Waals surface area (Å²) in [5.41, 5.74) is 1.71. The summed E-state index contributed by atoms with van der Waals surface area (Å²) in [4.78, 5) is 27.5. The van der Waals surface area contributed by atoms with Crippen LogP contribution in [-0.4, -0.2) is 14.5 Å². The number of nitrogens with zero attached hydrogens (tertiary/aromatic N) is 3. The number of aryl methyl sites for hydroxylation is 2. The van der Waals surface area contributed by atoms with Gasteiger partial charge >= 0.3 is 0 Å². The second kappa shape index (κ2) is 6.18. The Morgan fingerprint density at radius 3 is 2.48 bits per heavy atom. The highest BCUT2D eigenvalue weighted by molar-refractivity contribution is 5.85. The number of hydrogen-bond acceptors (Lipinski definition) is 4. The maximum Gasteiger partial charge on any atom is 0.269 e. The number of nitro groups is 1. The number of para-hydroxylation sites is 1. The number of fused-ring (bicyclic) bond motifs is 1. The minimum Gasteiger partial charge on any atom is -0.268 e. The van der Waals surface area contributed by atoms with Gasteiger partial charge in [-0.3, -0.25) is 19.5 Å². The quantitative estimate of drug-likeness (QED) is 0.533. The lowest BCUT2D eigenvalue weighted by Crippen LogP contribution is -2.23. The molecule has 0 radical (unpaired) electrons. The fraction of sp³-hybridized carbons (Fsp3) is 0.125. The highest BCUT2D eigenvalue weighted by Gasteiger charge is 2.14. The van der Waals surface area contributed by atoms with Crippen LogP contribution in [0.2, 0.25) is 0 Å². The third-order valence-electron chi connectivity index (χ3n) is 3.58. The monoisotopic (exact) mass is 331 g/mol. The van der Waals surface area contributed by atoms with Crippen molar-refractivity contribution in [1.82, 2.24) is 9.55 Å². The molecule has 2 aromatic carbocycles. The molecule has 0 N–H and O–H groups in total. The molecule has 0 spiro atoms. The van der Waals surface area contributed by atoms with E-state index in [4.69, 9.17) is 0 Å². The van der Waals surface area contributed by atoms with E-state index in [1.165, 1.54) is 16.7 Å². The molecule has 0 bridgehead atoms. The average Bonchev–Trinajstić information content (AvgIpc) is 2.48. The molecule has 0 aliphatic heterocycles. The van der Waals surface area contributed by atoms with E-state index in [9.17, 15) is 14.9 Å².